The molecule has 0 fully saturated rings. The fraction of sp³-hybridized carbons (Fsp3) is 0.0476. The second-order valence-electron chi connectivity index (χ2n) is 6.61. The molecule has 1 aliphatic rings. The molecule has 4 heterocycles. The molecule has 30 heavy (non-hydrogen) atoms. The van der Waals surface area contributed by atoms with E-state index in [2.05, 4.69) is 15.3 Å². The maximum atomic E-state index is 13.0. The molecule has 1 aliphatic heterocycles. The number of hydrogen-bond acceptors (Lipinski definition) is 6. The molecule has 4 aromatic rings. The van der Waals surface area contributed by atoms with E-state index in [0.29, 0.717) is 38.9 Å². The van der Waals surface area contributed by atoms with Gasteiger partial charge < -0.3 is 15.2 Å². The minimum atomic E-state index is -1.10. The molecule has 3 aromatic heterocycles. The number of hydrogen-bond donors (Lipinski definition) is 2. The number of aromatic carboxylic acids is 1. The van der Waals surface area contributed by atoms with E-state index in [-0.39, 0.29) is 4.88 Å². The largest absolute Gasteiger partial charge is 0.477 e. The first kappa shape index (κ1) is 18.1. The molecule has 8 nitrogen and oxygen atoms in total. The number of benzene rings is 1. The average Bonchev–Trinajstić information content (AvgIpc) is 3.10. The summed E-state index contributed by atoms with van der Waals surface area (Å²) in [4.78, 5) is 35.1. The van der Waals surface area contributed by atoms with Crippen LogP contribution in [0.4, 0.5) is 21.9 Å². The van der Waals surface area contributed by atoms with Gasteiger partial charge in [-0.1, -0.05) is 6.07 Å². The van der Waals surface area contributed by atoms with Crippen LogP contribution in [0.25, 0.3) is 10.2 Å². The van der Waals surface area contributed by atoms with Crippen LogP contribution in [-0.2, 0) is 0 Å². The highest BCUT2D eigenvalue weighted by Crippen LogP contribution is 2.46. The van der Waals surface area contributed by atoms with Gasteiger partial charge in [0.1, 0.15) is 15.5 Å². The Labute approximate surface area is 174 Å². The molecule has 9 heteroatoms. The Kier molecular flexibility index (Phi) is 4.11. The quantitative estimate of drug-likeness (QED) is 0.473. The zero-order valence-electron chi connectivity index (χ0n) is 15.6. The molecule has 0 bridgehead atoms. The van der Waals surface area contributed by atoms with Crippen molar-refractivity contribution < 1.29 is 19.4 Å². The normalized spacial score (nSPS) is 12.7. The molecule has 2 amide bonds. The van der Waals surface area contributed by atoms with E-state index < -0.39 is 12.0 Å². The van der Waals surface area contributed by atoms with Crippen LogP contribution < -0.4 is 15.0 Å². The number of aromatic nitrogens is 2. The monoisotopic (exact) mass is 418 g/mol. The summed E-state index contributed by atoms with van der Waals surface area (Å²) in [6.07, 6.45) is 3.22. The number of thiophene rings is 1. The van der Waals surface area contributed by atoms with E-state index in [1.54, 1.807) is 42.7 Å². The summed E-state index contributed by atoms with van der Waals surface area (Å²) in [5, 5.41) is 12.8. The summed E-state index contributed by atoms with van der Waals surface area (Å²) >= 11 is 1.04. The van der Waals surface area contributed by atoms with E-state index >= 15 is 0 Å². The van der Waals surface area contributed by atoms with Crippen LogP contribution in [0.3, 0.4) is 0 Å². The standard InChI is InChI=1S/C21H14N4O4S/c1-11-10-12(29-15-4-2-3-8-22-15)5-6-13(11)25-14-7-9-23-19-16(14)17(24-21(25)28)18(30-19)20(26)27/h2-10H,1H3,(H,24,28)(H,26,27). The van der Waals surface area contributed by atoms with Gasteiger partial charge in [-0.15, -0.1) is 11.3 Å². The summed E-state index contributed by atoms with van der Waals surface area (Å²) in [5.74, 6) is -0.0307. The van der Waals surface area contributed by atoms with Crippen molar-refractivity contribution in [3.8, 4) is 11.6 Å². The molecule has 0 atom stereocenters. The maximum Gasteiger partial charge on any atom is 0.348 e. The molecule has 0 saturated heterocycles. The molecule has 1 aromatic carbocycles. The molecule has 0 aliphatic carbocycles. The van der Waals surface area contributed by atoms with Gasteiger partial charge in [0.15, 0.2) is 0 Å². The Morgan fingerprint density at radius 3 is 2.73 bits per heavy atom. The highest BCUT2D eigenvalue weighted by molar-refractivity contribution is 7.21. The van der Waals surface area contributed by atoms with E-state index in [9.17, 15) is 14.7 Å². The zero-order chi connectivity index (χ0) is 20.8. The van der Waals surface area contributed by atoms with E-state index in [1.165, 1.54) is 4.90 Å². The number of nitrogens with one attached hydrogen (secondary N) is 1. The van der Waals surface area contributed by atoms with Crippen molar-refractivity contribution >= 4 is 50.6 Å². The molecular formula is C21H14N4O4S. The number of amides is 2. The van der Waals surface area contributed by atoms with Gasteiger partial charge in [-0.2, -0.15) is 0 Å². The van der Waals surface area contributed by atoms with Gasteiger partial charge in [0.25, 0.3) is 0 Å². The molecule has 0 spiro atoms. The summed E-state index contributed by atoms with van der Waals surface area (Å²) in [5.41, 5.74) is 2.34. The maximum absolute atomic E-state index is 13.0. The lowest BCUT2D eigenvalue weighted by Gasteiger charge is -2.29. The van der Waals surface area contributed by atoms with E-state index in [1.807, 2.05) is 19.1 Å². The number of aryl methyl sites for hydroxylation is 1. The predicted molar refractivity (Wildman–Crippen MR) is 113 cm³/mol. The highest BCUT2D eigenvalue weighted by Gasteiger charge is 2.33. The Bertz CT molecular complexity index is 1320. The summed E-state index contributed by atoms with van der Waals surface area (Å²) in [7, 11) is 0. The molecular weight excluding hydrogens is 404 g/mol. The van der Waals surface area contributed by atoms with Gasteiger partial charge in [-0.05, 0) is 42.8 Å². The predicted octanol–water partition coefficient (Wildman–Crippen LogP) is 5.17. The number of nitrogens with zero attached hydrogens (tertiary/aromatic N) is 3. The highest BCUT2D eigenvalue weighted by atomic mass is 32.1. The lowest BCUT2D eigenvalue weighted by molar-refractivity contribution is 0.0703. The summed E-state index contributed by atoms with van der Waals surface area (Å²) < 4.78 is 5.77. The molecule has 0 unspecified atom stereocenters. The SMILES string of the molecule is Cc1cc(Oc2ccccn2)ccc1N1C(=O)Nc2c(C(=O)O)sc3nccc1c23. The van der Waals surface area contributed by atoms with Gasteiger partial charge >= 0.3 is 12.0 Å². The van der Waals surface area contributed by atoms with E-state index in [4.69, 9.17) is 4.74 Å². The van der Waals surface area contributed by atoms with Crippen molar-refractivity contribution in [1.29, 1.82) is 0 Å². The first-order valence-electron chi connectivity index (χ1n) is 8.98. The van der Waals surface area contributed by atoms with Crippen LogP contribution in [0.15, 0.2) is 54.9 Å². The zero-order valence-corrected chi connectivity index (χ0v) is 16.4. The number of carbonyl (C=O) groups is 2. The van der Waals surface area contributed by atoms with Crippen molar-refractivity contribution in [2.75, 3.05) is 10.2 Å². The first-order chi connectivity index (χ1) is 14.5. The van der Waals surface area contributed by atoms with Gasteiger partial charge in [0.05, 0.1) is 22.4 Å². The van der Waals surface area contributed by atoms with Crippen molar-refractivity contribution in [2.24, 2.45) is 0 Å². The van der Waals surface area contributed by atoms with Gasteiger partial charge in [0.2, 0.25) is 5.88 Å². The van der Waals surface area contributed by atoms with Crippen LogP contribution in [0.1, 0.15) is 15.2 Å². The van der Waals surface area contributed by atoms with Crippen LogP contribution >= 0.6 is 11.3 Å². The van der Waals surface area contributed by atoms with Crippen molar-refractivity contribution in [3.05, 3.63) is 65.3 Å². The first-order valence-corrected chi connectivity index (χ1v) is 9.80. The van der Waals surface area contributed by atoms with Gasteiger partial charge in [-0.3, -0.25) is 4.90 Å². The Morgan fingerprint density at radius 1 is 1.13 bits per heavy atom. The molecule has 148 valence electrons. The fourth-order valence-electron chi connectivity index (χ4n) is 3.44. The number of urea groups is 1. The molecule has 0 saturated carbocycles. The van der Waals surface area contributed by atoms with E-state index in [0.717, 1.165) is 16.9 Å². The summed E-state index contributed by atoms with van der Waals surface area (Å²) in [6.45, 7) is 1.87. The number of pyridine rings is 2. The van der Waals surface area contributed by atoms with Crippen LogP contribution in [0.2, 0.25) is 0 Å². The second kappa shape index (κ2) is 6.82. The van der Waals surface area contributed by atoms with Crippen molar-refractivity contribution in [2.45, 2.75) is 6.92 Å². The lowest BCUT2D eigenvalue weighted by Crippen LogP contribution is -2.34. The second-order valence-corrected chi connectivity index (χ2v) is 7.60. The number of carbonyl (C=O) groups excluding carboxylic acids is 1. The topological polar surface area (TPSA) is 105 Å². The number of carboxylic acid groups (broad SMARTS) is 1. The Hall–Kier alpha value is -3.98. The fourth-order valence-corrected chi connectivity index (χ4v) is 4.40. The van der Waals surface area contributed by atoms with Gasteiger partial charge in [-0.25, -0.2) is 19.6 Å². The molecule has 5 rings (SSSR count). The third-order valence-electron chi connectivity index (χ3n) is 4.71. The average molecular weight is 418 g/mol. The summed E-state index contributed by atoms with van der Waals surface area (Å²) in [6, 6.07) is 12.0. The van der Waals surface area contributed by atoms with Crippen LogP contribution in [0, 0.1) is 6.92 Å². The number of anilines is 3. The lowest BCUT2D eigenvalue weighted by atomic mass is 10.1. The Balaban J connectivity index is 1.59. The number of ether oxygens (including phenoxy) is 1. The number of carboxylic acids is 1. The van der Waals surface area contributed by atoms with Gasteiger partial charge in [0, 0.05) is 18.5 Å². The van der Waals surface area contributed by atoms with Crippen LogP contribution in [-0.4, -0.2) is 27.1 Å². The third-order valence-corrected chi connectivity index (χ3v) is 5.80. The third kappa shape index (κ3) is 2.83. The smallest absolute Gasteiger partial charge is 0.348 e. The minimum Gasteiger partial charge on any atom is -0.477 e. The minimum absolute atomic E-state index is 0.0637. The van der Waals surface area contributed by atoms with Crippen molar-refractivity contribution in [1.82, 2.24) is 9.97 Å². The molecule has 2 N–H and O–H groups in total. The Morgan fingerprint density at radius 2 is 2.00 bits per heavy atom. The molecule has 0 radical (unpaired) electrons. The van der Waals surface area contributed by atoms with Crippen LogP contribution in [0.5, 0.6) is 11.6 Å². The van der Waals surface area contributed by atoms with Crippen molar-refractivity contribution in [3.63, 3.8) is 0 Å². The number of rotatable bonds is 4.